The van der Waals surface area contributed by atoms with E-state index in [1.165, 1.54) is 7.11 Å². The Bertz CT molecular complexity index is 490. The van der Waals surface area contributed by atoms with E-state index in [1.807, 2.05) is 13.8 Å². The van der Waals surface area contributed by atoms with E-state index < -0.39 is 5.97 Å². The average Bonchev–Trinajstić information content (AvgIpc) is 2.45. The molecule has 0 aromatic heterocycles. The Labute approximate surface area is 126 Å². The molecular formula is C14H18BrNO4. The van der Waals surface area contributed by atoms with Crippen LogP contribution in [-0.4, -0.2) is 31.6 Å². The Hall–Kier alpha value is -1.56. The van der Waals surface area contributed by atoms with E-state index in [0.717, 1.165) is 6.42 Å². The zero-order valence-electron chi connectivity index (χ0n) is 11.7. The average molecular weight is 344 g/mol. The second-order valence-electron chi connectivity index (χ2n) is 4.30. The van der Waals surface area contributed by atoms with Gasteiger partial charge in [-0.25, -0.2) is 4.79 Å². The SMILES string of the molecule is CC[C@@H](C)NC(=O)COC(=O)c1cc(OC)ccc1Br. The zero-order valence-corrected chi connectivity index (χ0v) is 13.3. The Balaban J connectivity index is 2.61. The van der Waals surface area contributed by atoms with Gasteiger partial charge in [0.25, 0.3) is 5.91 Å². The molecule has 1 amide bonds. The van der Waals surface area contributed by atoms with Crippen molar-refractivity contribution >= 4 is 27.8 Å². The van der Waals surface area contributed by atoms with Crippen molar-refractivity contribution in [3.63, 3.8) is 0 Å². The smallest absolute Gasteiger partial charge is 0.339 e. The molecule has 1 N–H and O–H groups in total. The summed E-state index contributed by atoms with van der Waals surface area (Å²) in [6, 6.07) is 5.02. The second kappa shape index (κ2) is 7.89. The number of nitrogens with one attached hydrogen (secondary N) is 1. The van der Waals surface area contributed by atoms with Crippen LogP contribution in [0.2, 0.25) is 0 Å². The first-order chi connectivity index (χ1) is 9.47. The molecule has 0 fully saturated rings. The van der Waals surface area contributed by atoms with Crippen molar-refractivity contribution in [2.75, 3.05) is 13.7 Å². The molecule has 20 heavy (non-hydrogen) atoms. The summed E-state index contributed by atoms with van der Waals surface area (Å²) >= 11 is 3.26. The van der Waals surface area contributed by atoms with Gasteiger partial charge in [0.05, 0.1) is 12.7 Å². The van der Waals surface area contributed by atoms with E-state index >= 15 is 0 Å². The minimum absolute atomic E-state index is 0.0600. The molecule has 0 aliphatic rings. The van der Waals surface area contributed by atoms with Gasteiger partial charge in [-0.2, -0.15) is 0 Å². The van der Waals surface area contributed by atoms with Crippen LogP contribution >= 0.6 is 15.9 Å². The minimum atomic E-state index is -0.574. The molecule has 0 saturated heterocycles. The number of benzene rings is 1. The Morgan fingerprint density at radius 2 is 2.10 bits per heavy atom. The third-order valence-electron chi connectivity index (χ3n) is 2.75. The number of carbonyl (C=O) groups is 2. The fraction of sp³-hybridized carbons (Fsp3) is 0.429. The van der Waals surface area contributed by atoms with Gasteiger partial charge in [-0.15, -0.1) is 0 Å². The molecule has 1 aromatic carbocycles. The highest BCUT2D eigenvalue weighted by Crippen LogP contribution is 2.23. The monoisotopic (exact) mass is 343 g/mol. The van der Waals surface area contributed by atoms with Gasteiger partial charge in [0.15, 0.2) is 6.61 Å². The van der Waals surface area contributed by atoms with E-state index in [2.05, 4.69) is 21.2 Å². The van der Waals surface area contributed by atoms with Crippen LogP contribution in [0.25, 0.3) is 0 Å². The van der Waals surface area contributed by atoms with Gasteiger partial charge in [-0.1, -0.05) is 6.92 Å². The lowest BCUT2D eigenvalue weighted by Gasteiger charge is -2.12. The molecule has 0 radical (unpaired) electrons. The fourth-order valence-corrected chi connectivity index (χ4v) is 1.82. The number of hydrogen-bond acceptors (Lipinski definition) is 4. The number of halogens is 1. The molecule has 0 aliphatic heterocycles. The standard InChI is InChI=1S/C14H18BrNO4/c1-4-9(2)16-13(17)8-20-14(18)11-7-10(19-3)5-6-12(11)15/h5-7,9H,4,8H2,1-3H3,(H,16,17)/t9-/m1/s1. The zero-order chi connectivity index (χ0) is 15.1. The maximum absolute atomic E-state index is 11.9. The highest BCUT2D eigenvalue weighted by Gasteiger charge is 2.15. The minimum Gasteiger partial charge on any atom is -0.497 e. The summed E-state index contributed by atoms with van der Waals surface area (Å²) in [5.74, 6) is -0.342. The largest absolute Gasteiger partial charge is 0.497 e. The van der Waals surface area contributed by atoms with Crippen molar-refractivity contribution in [2.24, 2.45) is 0 Å². The molecule has 110 valence electrons. The quantitative estimate of drug-likeness (QED) is 0.806. The molecule has 1 aromatic rings. The van der Waals surface area contributed by atoms with Gasteiger partial charge >= 0.3 is 5.97 Å². The summed E-state index contributed by atoms with van der Waals surface area (Å²) in [5.41, 5.74) is 0.320. The first-order valence-corrected chi connectivity index (χ1v) is 7.07. The number of carbonyl (C=O) groups excluding carboxylic acids is 2. The van der Waals surface area contributed by atoms with E-state index in [4.69, 9.17) is 9.47 Å². The van der Waals surface area contributed by atoms with Crippen LogP contribution in [0, 0.1) is 0 Å². The number of methoxy groups -OCH3 is 1. The van der Waals surface area contributed by atoms with E-state index in [0.29, 0.717) is 15.8 Å². The number of hydrogen-bond donors (Lipinski definition) is 1. The van der Waals surface area contributed by atoms with Gasteiger partial charge in [-0.05, 0) is 47.5 Å². The van der Waals surface area contributed by atoms with E-state index in [9.17, 15) is 9.59 Å². The topological polar surface area (TPSA) is 64.6 Å². The van der Waals surface area contributed by atoms with Crippen LogP contribution in [0.1, 0.15) is 30.6 Å². The first kappa shape index (κ1) is 16.5. The van der Waals surface area contributed by atoms with Crippen molar-refractivity contribution in [2.45, 2.75) is 26.3 Å². The molecule has 6 heteroatoms. The molecule has 0 saturated carbocycles. The lowest BCUT2D eigenvalue weighted by Crippen LogP contribution is -2.35. The van der Waals surface area contributed by atoms with E-state index in [-0.39, 0.29) is 18.6 Å². The molecule has 0 bridgehead atoms. The third-order valence-corrected chi connectivity index (χ3v) is 3.44. The Morgan fingerprint density at radius 3 is 2.70 bits per heavy atom. The second-order valence-corrected chi connectivity index (χ2v) is 5.15. The van der Waals surface area contributed by atoms with Crippen molar-refractivity contribution in [3.05, 3.63) is 28.2 Å². The van der Waals surface area contributed by atoms with Crippen LogP contribution < -0.4 is 10.1 Å². The molecule has 1 rings (SSSR count). The predicted molar refractivity (Wildman–Crippen MR) is 78.9 cm³/mol. The highest BCUT2D eigenvalue weighted by molar-refractivity contribution is 9.10. The summed E-state index contributed by atoms with van der Waals surface area (Å²) < 4.78 is 10.6. The van der Waals surface area contributed by atoms with Crippen LogP contribution in [0.15, 0.2) is 22.7 Å². The molecule has 1 atom stereocenters. The summed E-state index contributed by atoms with van der Waals surface area (Å²) in [7, 11) is 1.51. The lowest BCUT2D eigenvalue weighted by atomic mass is 10.2. The fourth-order valence-electron chi connectivity index (χ4n) is 1.42. The Morgan fingerprint density at radius 1 is 1.40 bits per heavy atom. The first-order valence-electron chi connectivity index (χ1n) is 6.28. The van der Waals surface area contributed by atoms with Crippen molar-refractivity contribution in [1.82, 2.24) is 5.32 Å². The van der Waals surface area contributed by atoms with Gasteiger partial charge in [0.2, 0.25) is 0 Å². The summed E-state index contributed by atoms with van der Waals surface area (Å²) in [6.07, 6.45) is 0.821. The molecule has 0 unspecified atom stereocenters. The number of amides is 1. The van der Waals surface area contributed by atoms with Gasteiger partial charge in [0, 0.05) is 10.5 Å². The van der Waals surface area contributed by atoms with Gasteiger partial charge in [-0.3, -0.25) is 4.79 Å². The molecule has 0 heterocycles. The molecule has 5 nitrogen and oxygen atoms in total. The highest BCUT2D eigenvalue weighted by atomic mass is 79.9. The van der Waals surface area contributed by atoms with E-state index in [1.54, 1.807) is 18.2 Å². The molecule has 0 aliphatic carbocycles. The van der Waals surface area contributed by atoms with Crippen LogP contribution in [0.4, 0.5) is 0 Å². The molecule has 0 spiro atoms. The normalized spacial score (nSPS) is 11.6. The number of rotatable bonds is 6. The third kappa shape index (κ3) is 4.85. The lowest BCUT2D eigenvalue weighted by molar-refractivity contribution is -0.124. The van der Waals surface area contributed by atoms with Crippen molar-refractivity contribution in [3.8, 4) is 5.75 Å². The summed E-state index contributed by atoms with van der Waals surface area (Å²) in [6.45, 7) is 3.55. The maximum Gasteiger partial charge on any atom is 0.339 e. The number of esters is 1. The number of ether oxygens (including phenoxy) is 2. The Kier molecular flexibility index (Phi) is 6.51. The van der Waals surface area contributed by atoms with Gasteiger partial charge < -0.3 is 14.8 Å². The van der Waals surface area contributed by atoms with Crippen LogP contribution in [0.5, 0.6) is 5.75 Å². The molecular weight excluding hydrogens is 326 g/mol. The van der Waals surface area contributed by atoms with Crippen molar-refractivity contribution < 1.29 is 19.1 Å². The van der Waals surface area contributed by atoms with Crippen LogP contribution in [0.3, 0.4) is 0 Å². The summed E-state index contributed by atoms with van der Waals surface area (Å²) in [5, 5.41) is 2.72. The summed E-state index contributed by atoms with van der Waals surface area (Å²) in [4.78, 5) is 23.4. The van der Waals surface area contributed by atoms with Crippen LogP contribution in [-0.2, 0) is 9.53 Å². The predicted octanol–water partition coefficient (Wildman–Crippen LogP) is 2.53. The maximum atomic E-state index is 11.9. The van der Waals surface area contributed by atoms with Gasteiger partial charge in [0.1, 0.15) is 5.75 Å². The van der Waals surface area contributed by atoms with Crippen molar-refractivity contribution in [1.29, 1.82) is 0 Å².